The quantitative estimate of drug-likeness (QED) is 0.472. The number of hydrogen-bond donors (Lipinski definition) is 2. The first kappa shape index (κ1) is 21.0. The highest BCUT2D eigenvalue weighted by Gasteiger charge is 2.14. The summed E-state index contributed by atoms with van der Waals surface area (Å²) in [5.41, 5.74) is 3.28. The summed E-state index contributed by atoms with van der Waals surface area (Å²) in [5, 5.41) is 5.50. The summed E-state index contributed by atoms with van der Waals surface area (Å²) in [6, 6.07) is 20.1. The average Bonchev–Trinajstić information content (AvgIpc) is 3.06. The van der Waals surface area contributed by atoms with Gasteiger partial charge < -0.3 is 10.6 Å². The van der Waals surface area contributed by atoms with Gasteiger partial charge in [0.2, 0.25) is 5.91 Å². The minimum absolute atomic E-state index is 0.170. The van der Waals surface area contributed by atoms with Crippen molar-refractivity contribution in [3.63, 3.8) is 0 Å². The molecule has 0 radical (unpaired) electrons. The highest BCUT2D eigenvalue weighted by atomic mass is 16.2. The molecule has 4 rings (SSSR count). The summed E-state index contributed by atoms with van der Waals surface area (Å²) in [6.07, 6.45) is 1.65. The Balaban J connectivity index is 1.47. The molecule has 0 bridgehead atoms. The molecule has 0 atom stereocenters. The van der Waals surface area contributed by atoms with Crippen molar-refractivity contribution in [2.75, 3.05) is 11.9 Å². The number of amides is 2. The summed E-state index contributed by atoms with van der Waals surface area (Å²) in [6.45, 7) is 2.44. The van der Waals surface area contributed by atoms with Crippen molar-refractivity contribution in [2.24, 2.45) is 0 Å². The number of pyridine rings is 1. The van der Waals surface area contributed by atoms with Gasteiger partial charge >= 0.3 is 5.69 Å². The van der Waals surface area contributed by atoms with Crippen molar-refractivity contribution in [3.05, 3.63) is 94.5 Å². The summed E-state index contributed by atoms with van der Waals surface area (Å²) in [7, 11) is 0. The highest BCUT2D eigenvalue weighted by Crippen LogP contribution is 2.13. The molecular formula is C24H23N5O3. The van der Waals surface area contributed by atoms with Gasteiger partial charge in [-0.25, -0.2) is 9.78 Å². The van der Waals surface area contributed by atoms with Crippen LogP contribution in [0.5, 0.6) is 0 Å². The van der Waals surface area contributed by atoms with Crippen molar-refractivity contribution in [1.82, 2.24) is 19.4 Å². The van der Waals surface area contributed by atoms with E-state index < -0.39 is 0 Å². The second-order valence-corrected chi connectivity index (χ2v) is 7.37. The third kappa shape index (κ3) is 4.59. The normalized spacial score (nSPS) is 10.8. The van der Waals surface area contributed by atoms with Crippen LogP contribution < -0.4 is 16.3 Å². The number of carbonyl (C=O) groups excluding carboxylic acids is 2. The largest absolute Gasteiger partial charge is 0.350 e. The van der Waals surface area contributed by atoms with E-state index in [4.69, 9.17) is 0 Å². The molecule has 2 heterocycles. The topological polar surface area (TPSA) is 98.0 Å². The highest BCUT2D eigenvalue weighted by molar-refractivity contribution is 5.95. The summed E-state index contributed by atoms with van der Waals surface area (Å²) in [4.78, 5) is 41.1. The summed E-state index contributed by atoms with van der Waals surface area (Å²) < 4.78 is 3.28. The van der Waals surface area contributed by atoms with E-state index in [0.29, 0.717) is 30.0 Å². The molecule has 0 aliphatic heterocycles. The maximum atomic E-state index is 13.1. The Kier molecular flexibility index (Phi) is 6.12. The van der Waals surface area contributed by atoms with Crippen molar-refractivity contribution >= 4 is 28.7 Å². The van der Waals surface area contributed by atoms with Gasteiger partial charge in [-0.1, -0.05) is 30.3 Å². The number of carbonyl (C=O) groups is 2. The van der Waals surface area contributed by atoms with E-state index in [0.717, 1.165) is 11.1 Å². The molecule has 2 N–H and O–H groups in total. The molecule has 8 nitrogen and oxygen atoms in total. The number of fused-ring (bicyclic) bond motifs is 1. The first-order valence-electron chi connectivity index (χ1n) is 10.3. The van der Waals surface area contributed by atoms with Crippen LogP contribution in [0.1, 0.15) is 22.8 Å². The molecule has 8 heteroatoms. The van der Waals surface area contributed by atoms with Crippen molar-refractivity contribution in [3.8, 4) is 0 Å². The minimum atomic E-state index is -0.256. The van der Waals surface area contributed by atoms with Crippen LogP contribution in [0.4, 0.5) is 5.69 Å². The molecule has 0 fully saturated rings. The van der Waals surface area contributed by atoms with Gasteiger partial charge in [-0.05, 0) is 42.0 Å². The Morgan fingerprint density at radius 2 is 1.69 bits per heavy atom. The smallest absolute Gasteiger partial charge is 0.330 e. The number of nitrogens with zero attached hydrogens (tertiary/aromatic N) is 3. The van der Waals surface area contributed by atoms with E-state index in [1.165, 1.54) is 6.92 Å². The zero-order valence-electron chi connectivity index (χ0n) is 17.6. The van der Waals surface area contributed by atoms with E-state index in [1.807, 2.05) is 36.4 Å². The molecular weight excluding hydrogens is 406 g/mol. The van der Waals surface area contributed by atoms with Crippen LogP contribution in [0.25, 0.3) is 11.2 Å². The molecule has 32 heavy (non-hydrogen) atoms. The second-order valence-electron chi connectivity index (χ2n) is 7.37. The van der Waals surface area contributed by atoms with Crippen LogP contribution in [0.2, 0.25) is 0 Å². The first-order valence-corrected chi connectivity index (χ1v) is 10.3. The molecule has 2 aromatic heterocycles. The molecule has 0 unspecified atom stereocenters. The maximum Gasteiger partial charge on any atom is 0.330 e. The molecule has 2 aromatic carbocycles. The van der Waals surface area contributed by atoms with Gasteiger partial charge in [0.25, 0.3) is 5.91 Å². The molecule has 0 saturated heterocycles. The summed E-state index contributed by atoms with van der Waals surface area (Å²) in [5.74, 6) is -0.430. The number of rotatable bonds is 7. The van der Waals surface area contributed by atoms with E-state index in [9.17, 15) is 14.4 Å². The lowest BCUT2D eigenvalue weighted by Crippen LogP contribution is -2.32. The predicted octanol–water partition coefficient (Wildman–Crippen LogP) is 2.63. The third-order valence-corrected chi connectivity index (χ3v) is 5.05. The van der Waals surface area contributed by atoms with E-state index in [2.05, 4.69) is 15.6 Å². The van der Waals surface area contributed by atoms with Gasteiger partial charge in [0.15, 0.2) is 5.65 Å². The van der Waals surface area contributed by atoms with Crippen molar-refractivity contribution in [1.29, 1.82) is 0 Å². The first-order chi connectivity index (χ1) is 15.5. The van der Waals surface area contributed by atoms with Crippen LogP contribution in [0.3, 0.4) is 0 Å². The Hall–Kier alpha value is -4.20. The third-order valence-electron chi connectivity index (χ3n) is 5.05. The standard InChI is InChI=1S/C24H23N5O3/c1-17(30)27-20-11-9-19(10-12-20)23(31)26-14-15-28-22-21(8-5-13-25-22)29(24(28)32)16-18-6-3-2-4-7-18/h2-13H,14-16H2,1H3,(H,26,31)(H,27,30). The van der Waals surface area contributed by atoms with Crippen LogP contribution in [0, 0.1) is 0 Å². The Bertz CT molecular complexity index is 1310. The lowest BCUT2D eigenvalue weighted by Gasteiger charge is -2.07. The number of aromatic nitrogens is 3. The lowest BCUT2D eigenvalue weighted by atomic mass is 10.2. The van der Waals surface area contributed by atoms with Crippen molar-refractivity contribution < 1.29 is 9.59 Å². The van der Waals surface area contributed by atoms with Gasteiger partial charge in [0.1, 0.15) is 0 Å². The fourth-order valence-electron chi connectivity index (χ4n) is 3.56. The number of hydrogen-bond acceptors (Lipinski definition) is 4. The number of benzene rings is 2. The van der Waals surface area contributed by atoms with Gasteiger partial charge in [-0.15, -0.1) is 0 Å². The maximum absolute atomic E-state index is 13.1. The number of anilines is 1. The lowest BCUT2D eigenvalue weighted by molar-refractivity contribution is -0.114. The summed E-state index contributed by atoms with van der Waals surface area (Å²) >= 11 is 0. The molecule has 162 valence electrons. The van der Waals surface area contributed by atoms with Crippen LogP contribution >= 0.6 is 0 Å². The monoisotopic (exact) mass is 429 g/mol. The predicted molar refractivity (Wildman–Crippen MR) is 123 cm³/mol. The zero-order valence-corrected chi connectivity index (χ0v) is 17.6. The Morgan fingerprint density at radius 1 is 0.938 bits per heavy atom. The van der Waals surface area contributed by atoms with Gasteiger partial charge in [-0.3, -0.25) is 18.7 Å². The molecule has 0 saturated carbocycles. The number of nitrogens with one attached hydrogen (secondary N) is 2. The van der Waals surface area contributed by atoms with Gasteiger partial charge in [0, 0.05) is 37.5 Å². The van der Waals surface area contributed by atoms with Crippen molar-refractivity contribution in [2.45, 2.75) is 20.0 Å². The van der Waals surface area contributed by atoms with Crippen LogP contribution in [-0.2, 0) is 17.9 Å². The average molecular weight is 429 g/mol. The van der Waals surface area contributed by atoms with E-state index in [1.54, 1.807) is 45.7 Å². The van der Waals surface area contributed by atoms with E-state index in [-0.39, 0.29) is 24.0 Å². The molecule has 0 aliphatic rings. The molecule has 0 aliphatic carbocycles. The molecule has 0 spiro atoms. The van der Waals surface area contributed by atoms with Gasteiger partial charge in [0.05, 0.1) is 12.1 Å². The van der Waals surface area contributed by atoms with E-state index >= 15 is 0 Å². The minimum Gasteiger partial charge on any atom is -0.350 e. The zero-order chi connectivity index (χ0) is 22.5. The molecule has 4 aromatic rings. The Morgan fingerprint density at radius 3 is 2.41 bits per heavy atom. The second kappa shape index (κ2) is 9.30. The van der Waals surface area contributed by atoms with Gasteiger partial charge in [-0.2, -0.15) is 0 Å². The fourth-order valence-corrected chi connectivity index (χ4v) is 3.56. The number of imidazole rings is 1. The Labute approximate surface area is 184 Å². The van der Waals surface area contributed by atoms with Crippen LogP contribution in [0.15, 0.2) is 77.7 Å². The fraction of sp³-hybridized carbons (Fsp3) is 0.167. The SMILES string of the molecule is CC(=O)Nc1ccc(C(=O)NCCn2c(=O)n(Cc3ccccc3)c3cccnc32)cc1. The van der Waals surface area contributed by atoms with Crippen LogP contribution in [-0.4, -0.2) is 32.5 Å². The molecule has 2 amide bonds.